The van der Waals surface area contributed by atoms with Crippen molar-refractivity contribution in [1.29, 1.82) is 0 Å². The molecule has 0 heterocycles. The second-order valence-corrected chi connectivity index (χ2v) is 16.3. The molecule has 1 atom stereocenters. The smallest absolute Gasteiger partial charge is 0.0770 e. The largest absolute Gasteiger partial charge is 1.00 e. The molecule has 0 saturated carbocycles. The van der Waals surface area contributed by atoms with E-state index in [-0.39, 0.29) is 19.0 Å². The number of hydrogen-bond acceptors (Lipinski definition) is 2. The normalized spacial score (nSPS) is 12.1. The van der Waals surface area contributed by atoms with E-state index in [9.17, 15) is 0 Å². The van der Waals surface area contributed by atoms with Gasteiger partial charge in [-0.25, -0.2) is 0 Å². The quantitative estimate of drug-likeness (QED) is 0.0720. The fourth-order valence-electron chi connectivity index (χ4n) is 5.42. The molecule has 38 heavy (non-hydrogen) atoms. The lowest BCUT2D eigenvalue weighted by Crippen LogP contribution is -3.00. The van der Waals surface area contributed by atoms with Gasteiger partial charge in [-0.05, 0) is 57.8 Å². The molecule has 0 aromatic rings. The summed E-state index contributed by atoms with van der Waals surface area (Å²) in [5.74, 6) is 0. The Morgan fingerprint density at radius 3 is 0.974 bits per heavy atom. The minimum atomic E-state index is -0.657. The van der Waals surface area contributed by atoms with Gasteiger partial charge in [-0.2, -0.15) is 0 Å². The third kappa shape index (κ3) is 31.2. The summed E-state index contributed by atoms with van der Waals surface area (Å²) < 4.78 is 0. The number of unbranched alkanes of at least 4 members (excludes halogenated alkanes) is 17. The summed E-state index contributed by atoms with van der Waals surface area (Å²) >= 11 is 0. The molecule has 1 unspecified atom stereocenters. The van der Waals surface area contributed by atoms with Crippen molar-refractivity contribution < 1.29 is 22.6 Å². The van der Waals surface area contributed by atoms with Gasteiger partial charge in [0.2, 0.25) is 0 Å². The van der Waals surface area contributed by atoms with Gasteiger partial charge < -0.3 is 22.6 Å². The molecule has 2 N–H and O–H groups in total. The molecule has 0 aliphatic rings. The zero-order valence-corrected chi connectivity index (χ0v) is 28.7. The Kier molecular flexibility index (Phi) is 40.5. The number of rotatable bonds is 28. The zero-order chi connectivity index (χ0) is 27.9. The van der Waals surface area contributed by atoms with Crippen LogP contribution in [0.4, 0.5) is 0 Å². The fourth-order valence-corrected chi connectivity index (χ4v) is 10.3. The second-order valence-electron chi connectivity index (χ2n) is 11.9. The molecule has 4 heteroatoms. The fraction of sp³-hybridized carbons (Fsp3) is 1.00. The molecule has 0 spiro atoms. The minimum Gasteiger partial charge on any atom is -1.00 e. The first-order valence-corrected chi connectivity index (χ1v) is 19.7. The Hall–Kier alpha value is 0.640. The number of aliphatic hydroxyl groups excluding tert-OH is 2. The molecule has 0 rings (SSSR count). The molecular weight excluding hydrogens is 507 g/mol. The molecule has 2 nitrogen and oxygen atoms in total. The zero-order valence-electron chi connectivity index (χ0n) is 27.1. The van der Waals surface area contributed by atoms with E-state index < -0.39 is 13.4 Å². The first-order chi connectivity index (χ1) is 18.1. The highest BCUT2D eigenvalue weighted by atomic mass is 35.5. The highest BCUT2D eigenvalue weighted by Gasteiger charge is 2.34. The third-order valence-corrected chi connectivity index (χ3v) is 13.1. The number of aliphatic hydroxyl groups is 2. The average molecular weight is 581 g/mol. The first kappa shape index (κ1) is 43.1. The van der Waals surface area contributed by atoms with Crippen molar-refractivity contribution in [2.45, 2.75) is 188 Å². The van der Waals surface area contributed by atoms with Crippen LogP contribution in [0.5, 0.6) is 0 Å². The summed E-state index contributed by atoms with van der Waals surface area (Å²) in [5.41, 5.74) is 0. The van der Waals surface area contributed by atoms with E-state index in [1.165, 1.54) is 135 Å². The monoisotopic (exact) mass is 581 g/mol. The maximum Gasteiger partial charge on any atom is 0.0770 e. The lowest BCUT2D eigenvalue weighted by atomic mass is 10.1. The lowest BCUT2D eigenvalue weighted by Gasteiger charge is -2.28. The summed E-state index contributed by atoms with van der Waals surface area (Å²) in [6, 6.07) is 0. The van der Waals surface area contributed by atoms with Crippen LogP contribution in [0.15, 0.2) is 0 Å². The Labute approximate surface area is 249 Å². The van der Waals surface area contributed by atoms with Gasteiger partial charge in [0.15, 0.2) is 0 Å². The van der Waals surface area contributed by atoms with Gasteiger partial charge in [0, 0.05) is 7.26 Å². The summed E-state index contributed by atoms with van der Waals surface area (Å²) in [7, 11) is -0.657. The molecule has 0 radical (unpaired) electrons. The topological polar surface area (TPSA) is 40.5 Å². The van der Waals surface area contributed by atoms with E-state index in [0.717, 1.165) is 12.8 Å². The van der Waals surface area contributed by atoms with Crippen molar-refractivity contribution in [1.82, 2.24) is 0 Å². The van der Waals surface area contributed by atoms with E-state index in [1.807, 2.05) is 0 Å². The average Bonchev–Trinajstić information content (AvgIpc) is 2.91. The Morgan fingerprint density at radius 2 is 0.684 bits per heavy atom. The van der Waals surface area contributed by atoms with Crippen LogP contribution in [0.25, 0.3) is 0 Å². The third-order valence-electron chi connectivity index (χ3n) is 8.05. The van der Waals surface area contributed by atoms with Gasteiger partial charge in [-0.3, -0.25) is 0 Å². The van der Waals surface area contributed by atoms with Crippen molar-refractivity contribution in [3.8, 4) is 0 Å². The van der Waals surface area contributed by atoms with Crippen molar-refractivity contribution in [3.63, 3.8) is 0 Å². The summed E-state index contributed by atoms with van der Waals surface area (Å²) in [5, 5.41) is 17.5. The molecule has 0 saturated heterocycles. The van der Waals surface area contributed by atoms with Crippen LogP contribution in [0.3, 0.4) is 0 Å². The number of hydrogen-bond donors (Lipinski definition) is 2. The Balaban J connectivity index is -0.000000794. The van der Waals surface area contributed by atoms with Crippen LogP contribution >= 0.6 is 7.26 Å². The highest BCUT2D eigenvalue weighted by molar-refractivity contribution is 7.75. The summed E-state index contributed by atoms with van der Waals surface area (Å²) in [6.07, 6.45) is 37.7. The standard InChI is InChI=1S/C24H52P.C10H22O2.ClH/c1-5-9-13-17-21-25(22-18-14-10-6-2,23-19-15-11-7-3)24-20-16-12-8-4;1-2-3-4-5-6-7-8-10(12)9-11;/h5-24H2,1-4H3;10-12H,2-9H2,1H3;1H/q+1;;/p-1. The Morgan fingerprint density at radius 1 is 0.421 bits per heavy atom. The van der Waals surface area contributed by atoms with Gasteiger partial charge in [-0.1, -0.05) is 125 Å². The van der Waals surface area contributed by atoms with Crippen molar-refractivity contribution in [3.05, 3.63) is 0 Å². The first-order valence-electron chi connectivity index (χ1n) is 17.2. The van der Waals surface area contributed by atoms with Crippen LogP contribution in [-0.4, -0.2) is 47.6 Å². The van der Waals surface area contributed by atoms with Gasteiger partial charge >= 0.3 is 0 Å². The van der Waals surface area contributed by atoms with Crippen LogP contribution in [0.1, 0.15) is 182 Å². The summed E-state index contributed by atoms with van der Waals surface area (Å²) in [4.78, 5) is 0. The van der Waals surface area contributed by atoms with E-state index in [0.29, 0.717) is 0 Å². The van der Waals surface area contributed by atoms with Crippen molar-refractivity contribution in [2.24, 2.45) is 0 Å². The van der Waals surface area contributed by atoms with Crippen LogP contribution < -0.4 is 12.4 Å². The van der Waals surface area contributed by atoms with Gasteiger partial charge in [0.05, 0.1) is 37.4 Å². The maximum atomic E-state index is 9.01. The van der Waals surface area contributed by atoms with Crippen molar-refractivity contribution >= 4 is 7.26 Å². The maximum absolute atomic E-state index is 9.01. The van der Waals surface area contributed by atoms with Gasteiger partial charge in [0.25, 0.3) is 0 Å². The molecule has 0 bridgehead atoms. The molecule has 0 aromatic carbocycles. The van der Waals surface area contributed by atoms with Gasteiger partial charge in [0.1, 0.15) is 0 Å². The van der Waals surface area contributed by atoms with Crippen LogP contribution in [0, 0.1) is 0 Å². The Bertz CT molecular complexity index is 354. The molecule has 0 aromatic heterocycles. The SMILES string of the molecule is CCCCCCCCC(O)CO.CCCCCC[P+](CCCCCC)(CCCCCC)CCCCCC.[Cl-]. The van der Waals surface area contributed by atoms with E-state index in [1.54, 1.807) is 24.6 Å². The van der Waals surface area contributed by atoms with E-state index >= 15 is 0 Å². The molecule has 0 aliphatic carbocycles. The molecule has 0 amide bonds. The lowest BCUT2D eigenvalue weighted by molar-refractivity contribution is -0.0000105. The van der Waals surface area contributed by atoms with Gasteiger partial charge in [-0.15, -0.1) is 0 Å². The minimum absolute atomic E-state index is 0. The predicted octanol–water partition coefficient (Wildman–Crippen LogP) is 8.42. The molecule has 0 fully saturated rings. The van der Waals surface area contributed by atoms with E-state index in [4.69, 9.17) is 10.2 Å². The molecular formula is C34H74ClO2P. The van der Waals surface area contributed by atoms with Crippen molar-refractivity contribution in [2.75, 3.05) is 31.3 Å². The van der Waals surface area contributed by atoms with Crippen LogP contribution in [-0.2, 0) is 0 Å². The molecule has 0 aliphatic heterocycles. The second kappa shape index (κ2) is 35.7. The highest BCUT2D eigenvalue weighted by Crippen LogP contribution is 2.61. The van der Waals surface area contributed by atoms with Crippen LogP contribution in [0.2, 0.25) is 0 Å². The molecule has 234 valence electrons. The predicted molar refractivity (Wildman–Crippen MR) is 174 cm³/mol. The summed E-state index contributed by atoms with van der Waals surface area (Å²) in [6.45, 7) is 11.5. The van der Waals surface area contributed by atoms with E-state index in [2.05, 4.69) is 34.6 Å². The number of halogens is 1.